The number of benzene rings is 1. The van der Waals surface area contributed by atoms with Crippen molar-refractivity contribution in [2.75, 3.05) is 5.32 Å². The van der Waals surface area contributed by atoms with Crippen molar-refractivity contribution in [3.63, 3.8) is 0 Å². The second-order valence-electron chi connectivity index (χ2n) is 2.61. The van der Waals surface area contributed by atoms with Gasteiger partial charge in [0.25, 0.3) is 0 Å². The lowest BCUT2D eigenvalue weighted by molar-refractivity contribution is -0.114. The molecule has 1 rings (SSSR count). The van der Waals surface area contributed by atoms with Gasteiger partial charge in [-0.15, -0.1) is 0 Å². The van der Waals surface area contributed by atoms with Crippen molar-refractivity contribution < 1.29 is 18.3 Å². The Morgan fingerprint density at radius 1 is 1.25 bits per heavy atom. The summed E-state index contributed by atoms with van der Waals surface area (Å²) in [5.74, 6) is 0.0785. The minimum absolute atomic E-state index is 0.115. The van der Waals surface area contributed by atoms with E-state index in [1.807, 2.05) is 0 Å². The first-order chi connectivity index (χ1) is 7.18. The van der Waals surface area contributed by atoms with Crippen LogP contribution in [0, 0.1) is 0 Å². The smallest absolute Gasteiger partial charge is 0.317 e. The molecule has 0 aliphatic carbocycles. The van der Waals surface area contributed by atoms with Crippen molar-refractivity contribution in [1.29, 1.82) is 0 Å². The molecule has 0 atom stereocenters. The minimum Gasteiger partial charge on any atom is -0.508 e. The first-order valence-corrected chi connectivity index (χ1v) is 7.03. The van der Waals surface area contributed by atoms with Crippen LogP contribution in [0.3, 0.4) is 0 Å². The highest BCUT2D eigenvalue weighted by atomic mass is 36.0. The van der Waals surface area contributed by atoms with Crippen molar-refractivity contribution >= 4 is 41.2 Å². The molecule has 0 saturated heterocycles. The lowest BCUT2D eigenvalue weighted by Gasteiger charge is -1.99. The summed E-state index contributed by atoms with van der Waals surface area (Å²) in [6, 6.07) is 6.31. The predicted molar refractivity (Wildman–Crippen MR) is 63.0 cm³/mol. The second-order valence-corrected chi connectivity index (χ2v) is 6.27. The number of carbonyl (C=O) groups is 1. The zero-order valence-corrected chi connectivity index (χ0v) is 10.5. The Morgan fingerprint density at radius 3 is 1.94 bits per heavy atom. The first kappa shape index (κ1) is 15.0. The standard InChI is InChI=1S/C8H9NO2.Cl2O2S/c1-6(10)9-7-2-4-8(11)5-3-7;1-5(2,3)4/h2-5,11H,1H3,(H,9,10);. The number of halogens is 2. The van der Waals surface area contributed by atoms with E-state index in [0.29, 0.717) is 5.69 Å². The van der Waals surface area contributed by atoms with Crippen molar-refractivity contribution in [2.45, 2.75) is 6.92 Å². The number of phenolic OH excluding ortho intramolecular Hbond substituents is 1. The van der Waals surface area contributed by atoms with Crippen LogP contribution in [0.15, 0.2) is 24.3 Å². The molecule has 0 saturated carbocycles. The van der Waals surface area contributed by atoms with Crippen LogP contribution in [0.1, 0.15) is 6.92 Å². The van der Waals surface area contributed by atoms with E-state index in [-0.39, 0.29) is 11.7 Å². The monoisotopic (exact) mass is 285 g/mol. The molecule has 8 heteroatoms. The summed E-state index contributed by atoms with van der Waals surface area (Å²) >= 11 is 0. The molecule has 16 heavy (non-hydrogen) atoms. The number of phenols is 1. The second kappa shape index (κ2) is 6.57. The first-order valence-electron chi connectivity index (χ1n) is 3.89. The fraction of sp³-hybridized carbons (Fsp3) is 0.125. The van der Waals surface area contributed by atoms with Crippen molar-refractivity contribution in [2.24, 2.45) is 0 Å². The Morgan fingerprint density at radius 2 is 1.62 bits per heavy atom. The SMILES string of the molecule is CC(=O)Nc1ccc(O)cc1.O=S(=O)(Cl)Cl. The van der Waals surface area contributed by atoms with Gasteiger partial charge in [-0.2, -0.15) is 8.42 Å². The maximum absolute atomic E-state index is 10.5. The molecule has 0 radical (unpaired) electrons. The Balaban J connectivity index is 0.000000385. The summed E-state index contributed by atoms with van der Waals surface area (Å²) < 4.78 is 18.3. The van der Waals surface area contributed by atoms with E-state index in [2.05, 4.69) is 26.7 Å². The molecular weight excluding hydrogens is 277 g/mol. The molecule has 0 bridgehead atoms. The molecule has 0 aliphatic heterocycles. The third-order valence-electron chi connectivity index (χ3n) is 1.19. The molecule has 90 valence electrons. The molecule has 1 aromatic carbocycles. The van der Waals surface area contributed by atoms with Crippen LogP contribution in [0.4, 0.5) is 5.69 Å². The molecule has 0 fully saturated rings. The van der Waals surface area contributed by atoms with E-state index in [1.165, 1.54) is 19.1 Å². The average Bonchev–Trinajstić information content (AvgIpc) is 2.05. The van der Waals surface area contributed by atoms with Crippen LogP contribution in [0.25, 0.3) is 0 Å². The Hall–Kier alpha value is -0.980. The van der Waals surface area contributed by atoms with Gasteiger partial charge in [-0.3, -0.25) is 4.79 Å². The summed E-state index contributed by atoms with van der Waals surface area (Å²) in [6.07, 6.45) is 0. The molecule has 5 nitrogen and oxygen atoms in total. The van der Waals surface area contributed by atoms with Gasteiger partial charge in [0, 0.05) is 34.0 Å². The Bertz CT molecular complexity index is 436. The van der Waals surface area contributed by atoms with Crippen LogP contribution < -0.4 is 5.32 Å². The molecule has 1 aromatic rings. The summed E-state index contributed by atoms with van der Waals surface area (Å²) in [5, 5.41) is 11.5. The minimum atomic E-state index is -3.72. The van der Waals surface area contributed by atoms with Gasteiger partial charge in [-0.25, -0.2) is 0 Å². The lowest BCUT2D eigenvalue weighted by atomic mass is 10.3. The van der Waals surface area contributed by atoms with Crippen molar-refractivity contribution in [3.05, 3.63) is 24.3 Å². The number of anilines is 1. The summed E-state index contributed by atoms with van der Waals surface area (Å²) in [7, 11) is 4.81. The van der Waals surface area contributed by atoms with Gasteiger partial charge in [0.2, 0.25) is 5.91 Å². The maximum Gasteiger partial charge on any atom is 0.317 e. The van der Waals surface area contributed by atoms with E-state index in [9.17, 15) is 4.79 Å². The largest absolute Gasteiger partial charge is 0.508 e. The van der Waals surface area contributed by atoms with Crippen LogP contribution in [-0.2, 0) is 13.1 Å². The third kappa shape index (κ3) is 11.1. The highest BCUT2D eigenvalue weighted by Gasteiger charge is 1.93. The van der Waals surface area contributed by atoms with Gasteiger partial charge in [-0.05, 0) is 24.3 Å². The van der Waals surface area contributed by atoms with Crippen LogP contribution >= 0.6 is 21.4 Å². The lowest BCUT2D eigenvalue weighted by Crippen LogP contribution is -2.04. The fourth-order valence-corrected chi connectivity index (χ4v) is 0.748. The normalized spacial score (nSPS) is 9.94. The van der Waals surface area contributed by atoms with Gasteiger partial charge in [0.1, 0.15) is 5.75 Å². The molecule has 2 N–H and O–H groups in total. The maximum atomic E-state index is 10.5. The van der Waals surface area contributed by atoms with Gasteiger partial charge < -0.3 is 10.4 Å². The summed E-state index contributed by atoms with van der Waals surface area (Å²) in [6.45, 7) is 1.44. The van der Waals surface area contributed by atoms with E-state index in [4.69, 9.17) is 13.5 Å². The number of carbonyl (C=O) groups excluding carboxylic acids is 1. The molecule has 0 heterocycles. The fourth-order valence-electron chi connectivity index (χ4n) is 0.748. The van der Waals surface area contributed by atoms with Crippen molar-refractivity contribution in [3.8, 4) is 5.75 Å². The highest BCUT2D eigenvalue weighted by molar-refractivity contribution is 8.31. The van der Waals surface area contributed by atoms with Gasteiger partial charge in [0.15, 0.2) is 0 Å². The number of hydrogen-bond acceptors (Lipinski definition) is 4. The molecule has 0 aliphatic rings. The predicted octanol–water partition coefficient (Wildman–Crippen LogP) is 2.06. The molecule has 0 aromatic heterocycles. The van der Waals surface area contributed by atoms with Gasteiger partial charge >= 0.3 is 8.26 Å². The number of hydrogen-bond donors (Lipinski definition) is 2. The van der Waals surface area contributed by atoms with Crippen LogP contribution in [0.5, 0.6) is 5.75 Å². The molecule has 0 unspecified atom stereocenters. The number of aromatic hydroxyl groups is 1. The van der Waals surface area contributed by atoms with Crippen LogP contribution in [-0.4, -0.2) is 19.4 Å². The Labute approximate surface area is 102 Å². The molecule has 1 amide bonds. The topological polar surface area (TPSA) is 83.5 Å². The van der Waals surface area contributed by atoms with E-state index < -0.39 is 8.26 Å². The zero-order valence-electron chi connectivity index (χ0n) is 8.15. The van der Waals surface area contributed by atoms with E-state index in [1.54, 1.807) is 12.1 Å². The summed E-state index contributed by atoms with van der Waals surface area (Å²) in [5.41, 5.74) is 0.690. The summed E-state index contributed by atoms with van der Waals surface area (Å²) in [4.78, 5) is 10.5. The van der Waals surface area contributed by atoms with Gasteiger partial charge in [0.05, 0.1) is 0 Å². The third-order valence-corrected chi connectivity index (χ3v) is 1.19. The average molecular weight is 286 g/mol. The molecule has 0 spiro atoms. The van der Waals surface area contributed by atoms with E-state index >= 15 is 0 Å². The van der Waals surface area contributed by atoms with Crippen LogP contribution in [0.2, 0.25) is 0 Å². The molecular formula is C8H9Cl2NO4S. The number of amides is 1. The van der Waals surface area contributed by atoms with E-state index in [0.717, 1.165) is 0 Å². The quantitative estimate of drug-likeness (QED) is 0.611. The highest BCUT2D eigenvalue weighted by Crippen LogP contribution is 2.13. The number of nitrogens with one attached hydrogen (secondary N) is 1. The van der Waals surface area contributed by atoms with Crippen molar-refractivity contribution in [1.82, 2.24) is 0 Å². The zero-order chi connectivity index (χ0) is 12.8. The Kier molecular flexibility index (Phi) is 6.17. The number of rotatable bonds is 1. The van der Waals surface area contributed by atoms with Gasteiger partial charge in [-0.1, -0.05) is 0 Å².